The standard InChI is InChI=1S/C28H28F4N6O3S/c1-36-8-10-37(11-9-36)20-2-4-23(26(15-20)38(17-30)7-6-29)28(39)33-27-24-16-21(3-5-25(24)34-35-27)42(40,41)22-13-18(31)12-19(32)14-22/h2-5,12-16H,6-11,17H2,1H3,(H2,33,34,35,39). The summed E-state index contributed by atoms with van der Waals surface area (Å²) in [6.07, 6.45) is 0. The van der Waals surface area contributed by atoms with E-state index < -0.39 is 45.7 Å². The van der Waals surface area contributed by atoms with E-state index in [4.69, 9.17) is 0 Å². The van der Waals surface area contributed by atoms with Crippen molar-refractivity contribution in [2.45, 2.75) is 9.79 Å². The molecule has 0 bridgehead atoms. The average molecular weight is 605 g/mol. The molecule has 2 N–H and O–H groups in total. The van der Waals surface area contributed by atoms with Crippen LogP contribution in [0.25, 0.3) is 10.9 Å². The molecule has 42 heavy (non-hydrogen) atoms. The van der Waals surface area contributed by atoms with Crippen molar-refractivity contribution in [1.82, 2.24) is 15.1 Å². The van der Waals surface area contributed by atoms with Gasteiger partial charge in [0.15, 0.2) is 12.6 Å². The molecule has 1 aliphatic rings. The summed E-state index contributed by atoms with van der Waals surface area (Å²) in [5.41, 5.74) is 1.40. The molecule has 0 atom stereocenters. The van der Waals surface area contributed by atoms with Gasteiger partial charge in [0.1, 0.15) is 18.3 Å². The van der Waals surface area contributed by atoms with Gasteiger partial charge < -0.3 is 20.0 Å². The highest BCUT2D eigenvalue weighted by atomic mass is 32.2. The molecule has 1 aliphatic heterocycles. The monoisotopic (exact) mass is 604 g/mol. The van der Waals surface area contributed by atoms with Crippen molar-refractivity contribution < 1.29 is 30.8 Å². The fraction of sp³-hybridized carbons (Fsp3) is 0.286. The summed E-state index contributed by atoms with van der Waals surface area (Å²) >= 11 is 0. The van der Waals surface area contributed by atoms with Crippen LogP contribution in [0.4, 0.5) is 34.8 Å². The van der Waals surface area contributed by atoms with Crippen molar-refractivity contribution in [2.24, 2.45) is 0 Å². The summed E-state index contributed by atoms with van der Waals surface area (Å²) < 4.78 is 81.0. The molecule has 0 radical (unpaired) electrons. The highest BCUT2D eigenvalue weighted by molar-refractivity contribution is 7.91. The van der Waals surface area contributed by atoms with Crippen molar-refractivity contribution in [3.05, 3.63) is 71.8 Å². The summed E-state index contributed by atoms with van der Waals surface area (Å²) in [7, 11) is -2.31. The average Bonchev–Trinajstić information content (AvgIpc) is 3.37. The van der Waals surface area contributed by atoms with Gasteiger partial charge in [0, 0.05) is 49.9 Å². The van der Waals surface area contributed by atoms with E-state index in [1.807, 2.05) is 7.05 Å². The van der Waals surface area contributed by atoms with Crippen molar-refractivity contribution in [2.75, 3.05) is 68.4 Å². The van der Waals surface area contributed by atoms with Crippen molar-refractivity contribution >= 4 is 43.8 Å². The summed E-state index contributed by atoms with van der Waals surface area (Å²) in [5, 5.41) is 9.61. The number of aromatic amines is 1. The minimum atomic E-state index is -4.32. The molecule has 1 amide bonds. The van der Waals surface area contributed by atoms with E-state index in [1.165, 1.54) is 24.3 Å². The second-order valence-electron chi connectivity index (χ2n) is 9.91. The Kier molecular flexibility index (Phi) is 8.36. The maximum atomic E-state index is 14.0. The smallest absolute Gasteiger partial charge is 0.258 e. The van der Waals surface area contributed by atoms with E-state index in [1.54, 1.807) is 12.1 Å². The number of hydrogen-bond acceptors (Lipinski definition) is 7. The topological polar surface area (TPSA) is 102 Å². The van der Waals surface area contributed by atoms with Crippen LogP contribution in [0.2, 0.25) is 0 Å². The van der Waals surface area contributed by atoms with Gasteiger partial charge in [-0.15, -0.1) is 0 Å². The Morgan fingerprint density at radius 2 is 1.69 bits per heavy atom. The molecule has 0 aliphatic carbocycles. The first-order chi connectivity index (χ1) is 20.1. The number of hydrogen-bond donors (Lipinski definition) is 2. The zero-order valence-corrected chi connectivity index (χ0v) is 23.4. The number of nitrogens with one attached hydrogen (secondary N) is 2. The Hall–Kier alpha value is -4.17. The van der Waals surface area contributed by atoms with Crippen LogP contribution in [-0.4, -0.2) is 82.7 Å². The first-order valence-corrected chi connectivity index (χ1v) is 14.5. The second-order valence-corrected chi connectivity index (χ2v) is 11.9. The summed E-state index contributed by atoms with van der Waals surface area (Å²) in [6, 6.07) is 10.8. The number of H-pyrrole nitrogens is 1. The van der Waals surface area contributed by atoms with Gasteiger partial charge in [-0.2, -0.15) is 5.10 Å². The Morgan fingerprint density at radius 1 is 0.976 bits per heavy atom. The number of aromatic nitrogens is 2. The maximum Gasteiger partial charge on any atom is 0.258 e. The van der Waals surface area contributed by atoms with Crippen LogP contribution in [0, 0.1) is 11.6 Å². The lowest BCUT2D eigenvalue weighted by atomic mass is 10.1. The van der Waals surface area contributed by atoms with E-state index >= 15 is 0 Å². The number of rotatable bonds is 9. The quantitative estimate of drug-likeness (QED) is 0.216. The Balaban J connectivity index is 1.48. The molecule has 222 valence electrons. The molecule has 1 fully saturated rings. The SMILES string of the molecule is CN1CCN(c2ccc(C(=O)Nc3n[nH]c4ccc(S(=O)(=O)c5cc(F)cc(F)c5)cc34)c(N(CF)CCF)c2)CC1. The molecule has 0 unspecified atom stereocenters. The van der Waals surface area contributed by atoms with Crippen LogP contribution in [0.5, 0.6) is 0 Å². The molecule has 0 saturated carbocycles. The van der Waals surface area contributed by atoms with E-state index in [0.717, 1.165) is 36.8 Å². The van der Waals surface area contributed by atoms with Crippen LogP contribution >= 0.6 is 0 Å². The number of amides is 1. The molecule has 2 heterocycles. The number of benzene rings is 3. The normalized spacial score (nSPS) is 14.4. The number of sulfone groups is 1. The molecule has 5 rings (SSSR count). The van der Waals surface area contributed by atoms with Gasteiger partial charge in [-0.25, -0.2) is 26.0 Å². The van der Waals surface area contributed by atoms with Crippen LogP contribution in [0.3, 0.4) is 0 Å². The number of anilines is 3. The van der Waals surface area contributed by atoms with E-state index in [-0.39, 0.29) is 33.9 Å². The minimum absolute atomic E-state index is 0.0242. The number of halogens is 4. The molecule has 14 heteroatoms. The predicted molar refractivity (Wildman–Crippen MR) is 151 cm³/mol. The Labute approximate surface area is 239 Å². The van der Waals surface area contributed by atoms with Gasteiger partial charge in [-0.05, 0) is 55.6 Å². The van der Waals surface area contributed by atoms with Crippen molar-refractivity contribution in [3.63, 3.8) is 0 Å². The van der Waals surface area contributed by atoms with E-state index in [0.29, 0.717) is 23.7 Å². The number of carbonyl (C=O) groups is 1. The molecule has 9 nitrogen and oxygen atoms in total. The highest BCUT2D eigenvalue weighted by Gasteiger charge is 2.24. The first-order valence-electron chi connectivity index (χ1n) is 13.1. The maximum absolute atomic E-state index is 14.0. The molecular weight excluding hydrogens is 576 g/mol. The lowest BCUT2D eigenvalue weighted by Crippen LogP contribution is -2.44. The van der Waals surface area contributed by atoms with Gasteiger partial charge in [-0.1, -0.05) is 0 Å². The zero-order valence-electron chi connectivity index (χ0n) is 22.6. The van der Waals surface area contributed by atoms with Gasteiger partial charge in [0.25, 0.3) is 5.91 Å². The number of alkyl halides is 2. The van der Waals surface area contributed by atoms with Crippen LogP contribution < -0.4 is 15.1 Å². The van der Waals surface area contributed by atoms with E-state index in [9.17, 15) is 30.8 Å². The number of fused-ring (bicyclic) bond motifs is 1. The van der Waals surface area contributed by atoms with Gasteiger partial charge in [-0.3, -0.25) is 9.89 Å². The molecule has 1 aromatic heterocycles. The fourth-order valence-corrected chi connectivity index (χ4v) is 6.16. The van der Waals surface area contributed by atoms with Crippen LogP contribution in [0.15, 0.2) is 64.4 Å². The lowest BCUT2D eigenvalue weighted by Gasteiger charge is -2.35. The van der Waals surface area contributed by atoms with E-state index in [2.05, 4.69) is 25.3 Å². The predicted octanol–water partition coefficient (Wildman–Crippen LogP) is 4.38. The summed E-state index contributed by atoms with van der Waals surface area (Å²) in [6.45, 7) is 0.986. The zero-order chi connectivity index (χ0) is 30.0. The van der Waals surface area contributed by atoms with Gasteiger partial charge in [0.2, 0.25) is 9.84 Å². The Bertz CT molecular complexity index is 1700. The third kappa shape index (κ3) is 5.90. The first kappa shape index (κ1) is 29.3. The lowest BCUT2D eigenvalue weighted by molar-refractivity contribution is 0.102. The number of carbonyl (C=O) groups excluding carboxylic acids is 1. The second kappa shape index (κ2) is 12.0. The summed E-state index contributed by atoms with van der Waals surface area (Å²) in [5.74, 6) is -2.80. The van der Waals surface area contributed by atoms with Crippen LogP contribution in [-0.2, 0) is 9.84 Å². The molecule has 4 aromatic rings. The minimum Gasteiger partial charge on any atom is -0.369 e. The molecule has 3 aromatic carbocycles. The molecular formula is C28H28F4N6O3S. The number of likely N-dealkylation sites (N-methyl/N-ethyl adjacent to an activating group) is 1. The third-order valence-corrected chi connectivity index (χ3v) is 8.89. The Morgan fingerprint density at radius 3 is 2.36 bits per heavy atom. The van der Waals surface area contributed by atoms with Crippen molar-refractivity contribution in [1.29, 1.82) is 0 Å². The fourth-order valence-electron chi connectivity index (χ4n) is 4.83. The van der Waals surface area contributed by atoms with Gasteiger partial charge >= 0.3 is 0 Å². The number of nitrogens with zero attached hydrogens (tertiary/aromatic N) is 4. The third-order valence-electron chi connectivity index (χ3n) is 7.16. The van der Waals surface area contributed by atoms with Crippen molar-refractivity contribution in [3.8, 4) is 0 Å². The summed E-state index contributed by atoms with van der Waals surface area (Å²) in [4.78, 5) is 18.0. The largest absolute Gasteiger partial charge is 0.369 e. The highest BCUT2D eigenvalue weighted by Crippen LogP contribution is 2.31. The number of piperazine rings is 1. The molecule has 0 spiro atoms. The molecule has 1 saturated heterocycles. The van der Waals surface area contributed by atoms with Crippen LogP contribution in [0.1, 0.15) is 10.4 Å². The van der Waals surface area contributed by atoms with Gasteiger partial charge in [0.05, 0.1) is 26.6 Å².